The summed E-state index contributed by atoms with van der Waals surface area (Å²) in [5.74, 6) is -0.980. The van der Waals surface area contributed by atoms with Gasteiger partial charge in [-0.05, 0) is 25.9 Å². The maximum Gasteiger partial charge on any atom is 0.326 e. The minimum Gasteiger partial charge on any atom is -0.480 e. The van der Waals surface area contributed by atoms with Gasteiger partial charge in [0.15, 0.2) is 0 Å². The van der Waals surface area contributed by atoms with Gasteiger partial charge < -0.3 is 21.1 Å². The van der Waals surface area contributed by atoms with Gasteiger partial charge in [-0.3, -0.25) is 0 Å². The molecule has 0 fully saturated rings. The Morgan fingerprint density at radius 2 is 1.89 bits per heavy atom. The molecular weight excluding hydrogens is 234 g/mol. The van der Waals surface area contributed by atoms with E-state index >= 15 is 0 Å². The topological polar surface area (TPSA) is 90.5 Å². The van der Waals surface area contributed by atoms with Crippen LogP contribution in [0, 0.1) is 0 Å². The highest BCUT2D eigenvalue weighted by atomic mass is 16.4. The van der Waals surface area contributed by atoms with E-state index in [-0.39, 0.29) is 0 Å². The van der Waals surface area contributed by atoms with E-state index in [2.05, 4.69) is 16.0 Å². The fraction of sp³-hybridized carbons (Fsp3) is 0.833. The fourth-order valence-electron chi connectivity index (χ4n) is 1.47. The molecule has 0 heterocycles. The molecule has 4 N–H and O–H groups in total. The lowest BCUT2D eigenvalue weighted by Crippen LogP contribution is -2.46. The highest BCUT2D eigenvalue weighted by Gasteiger charge is 2.18. The third kappa shape index (κ3) is 8.81. The monoisotopic (exact) mass is 259 g/mol. The summed E-state index contributed by atoms with van der Waals surface area (Å²) < 4.78 is 0. The van der Waals surface area contributed by atoms with E-state index in [4.69, 9.17) is 5.11 Å². The molecule has 6 nitrogen and oxygen atoms in total. The second-order valence-corrected chi connectivity index (χ2v) is 4.14. The van der Waals surface area contributed by atoms with E-state index < -0.39 is 18.0 Å². The number of unbranched alkanes of at least 4 members (excludes halogenated alkanes) is 1. The number of carbonyl (C=O) groups excluding carboxylic acids is 1. The molecule has 18 heavy (non-hydrogen) atoms. The van der Waals surface area contributed by atoms with Crippen molar-refractivity contribution < 1.29 is 14.7 Å². The quantitative estimate of drug-likeness (QED) is 0.439. The van der Waals surface area contributed by atoms with E-state index in [1.165, 1.54) is 0 Å². The lowest BCUT2D eigenvalue weighted by Gasteiger charge is -2.14. The van der Waals surface area contributed by atoms with E-state index in [9.17, 15) is 9.59 Å². The summed E-state index contributed by atoms with van der Waals surface area (Å²) in [6, 6.07) is -1.20. The van der Waals surface area contributed by atoms with Crippen molar-refractivity contribution in [2.24, 2.45) is 0 Å². The maximum atomic E-state index is 11.4. The van der Waals surface area contributed by atoms with Gasteiger partial charge in [0.25, 0.3) is 0 Å². The first-order valence-electron chi connectivity index (χ1n) is 6.59. The Balaban J connectivity index is 3.77. The summed E-state index contributed by atoms with van der Waals surface area (Å²) in [6.45, 7) is 6.29. The zero-order valence-corrected chi connectivity index (χ0v) is 11.3. The molecule has 0 aliphatic rings. The van der Waals surface area contributed by atoms with Crippen LogP contribution in [0.4, 0.5) is 4.79 Å². The number of aliphatic carboxylic acids is 1. The molecule has 1 atom stereocenters. The number of hydrogen-bond acceptors (Lipinski definition) is 3. The molecule has 1 unspecified atom stereocenters. The number of carboxylic acid groups (broad SMARTS) is 1. The molecule has 0 rings (SSSR count). The molecule has 2 amide bonds. The molecule has 0 aromatic carbocycles. The molecule has 0 saturated carbocycles. The smallest absolute Gasteiger partial charge is 0.326 e. The number of hydrogen-bond donors (Lipinski definition) is 4. The van der Waals surface area contributed by atoms with Crippen molar-refractivity contribution in [1.82, 2.24) is 16.0 Å². The number of nitrogens with one attached hydrogen (secondary N) is 3. The summed E-state index contributed by atoms with van der Waals surface area (Å²) in [5, 5.41) is 17.2. The van der Waals surface area contributed by atoms with Crippen LogP contribution < -0.4 is 16.0 Å². The zero-order chi connectivity index (χ0) is 13.8. The normalized spacial score (nSPS) is 11.9. The third-order valence-electron chi connectivity index (χ3n) is 2.52. The molecule has 0 spiro atoms. The second kappa shape index (κ2) is 10.8. The molecule has 0 saturated heterocycles. The third-order valence-corrected chi connectivity index (χ3v) is 2.52. The summed E-state index contributed by atoms with van der Waals surface area (Å²) in [4.78, 5) is 22.4. The summed E-state index contributed by atoms with van der Waals surface area (Å²) >= 11 is 0. The van der Waals surface area contributed by atoms with Gasteiger partial charge in [-0.15, -0.1) is 0 Å². The van der Waals surface area contributed by atoms with Crippen LogP contribution in [0.15, 0.2) is 0 Å². The van der Waals surface area contributed by atoms with Crippen molar-refractivity contribution in [1.29, 1.82) is 0 Å². The predicted octanol–water partition coefficient (Wildman–Crippen LogP) is 0.929. The fourth-order valence-corrected chi connectivity index (χ4v) is 1.47. The van der Waals surface area contributed by atoms with Crippen LogP contribution in [0.5, 0.6) is 0 Å². The van der Waals surface area contributed by atoms with E-state index in [1.54, 1.807) is 0 Å². The molecule has 106 valence electrons. The standard InChI is InChI=1S/C12H25N3O3/c1-3-5-7-10(11(16)17)15-12(18)14-9-6-8-13-4-2/h10,13H,3-9H2,1-2H3,(H,16,17)(H2,14,15,18). The Morgan fingerprint density at radius 1 is 1.17 bits per heavy atom. The summed E-state index contributed by atoms with van der Waals surface area (Å²) in [6.07, 6.45) is 3.00. The van der Waals surface area contributed by atoms with Gasteiger partial charge in [0.1, 0.15) is 6.04 Å². The Labute approximate surface area is 109 Å². The average molecular weight is 259 g/mol. The van der Waals surface area contributed by atoms with Crippen molar-refractivity contribution in [2.45, 2.75) is 45.6 Å². The van der Waals surface area contributed by atoms with Gasteiger partial charge >= 0.3 is 12.0 Å². The van der Waals surface area contributed by atoms with E-state index in [0.29, 0.717) is 13.0 Å². The highest BCUT2D eigenvalue weighted by molar-refractivity contribution is 5.82. The molecular formula is C12H25N3O3. The van der Waals surface area contributed by atoms with Crippen LogP contribution in [-0.4, -0.2) is 42.8 Å². The average Bonchev–Trinajstić information content (AvgIpc) is 2.33. The number of urea groups is 1. The van der Waals surface area contributed by atoms with Gasteiger partial charge in [0, 0.05) is 6.54 Å². The summed E-state index contributed by atoms with van der Waals surface area (Å²) in [7, 11) is 0. The van der Waals surface area contributed by atoms with Crippen molar-refractivity contribution in [3.8, 4) is 0 Å². The second-order valence-electron chi connectivity index (χ2n) is 4.14. The van der Waals surface area contributed by atoms with Gasteiger partial charge in [-0.1, -0.05) is 26.7 Å². The van der Waals surface area contributed by atoms with Crippen LogP contribution >= 0.6 is 0 Å². The van der Waals surface area contributed by atoms with Crippen LogP contribution in [0.25, 0.3) is 0 Å². The van der Waals surface area contributed by atoms with Gasteiger partial charge in [0.05, 0.1) is 0 Å². The zero-order valence-electron chi connectivity index (χ0n) is 11.3. The van der Waals surface area contributed by atoms with E-state index in [1.807, 2.05) is 13.8 Å². The number of carbonyl (C=O) groups is 2. The highest BCUT2D eigenvalue weighted by Crippen LogP contribution is 2.00. The van der Waals surface area contributed by atoms with Crippen LogP contribution in [0.3, 0.4) is 0 Å². The molecule has 0 aliphatic carbocycles. The maximum absolute atomic E-state index is 11.4. The van der Waals surface area contributed by atoms with Gasteiger partial charge in [0.2, 0.25) is 0 Å². The number of carboxylic acids is 1. The van der Waals surface area contributed by atoms with Crippen LogP contribution in [0.1, 0.15) is 39.5 Å². The molecule has 0 radical (unpaired) electrons. The van der Waals surface area contributed by atoms with Crippen molar-refractivity contribution in [3.63, 3.8) is 0 Å². The van der Waals surface area contributed by atoms with Crippen LogP contribution in [0.2, 0.25) is 0 Å². The molecule has 0 bridgehead atoms. The largest absolute Gasteiger partial charge is 0.480 e. The SMILES string of the molecule is CCCCC(NC(=O)NCCCNCC)C(=O)O. The molecule has 6 heteroatoms. The first-order chi connectivity index (χ1) is 8.61. The van der Waals surface area contributed by atoms with Gasteiger partial charge in [-0.25, -0.2) is 9.59 Å². The first-order valence-corrected chi connectivity index (χ1v) is 6.59. The minimum atomic E-state index is -0.980. The number of rotatable bonds is 10. The Kier molecular flexibility index (Phi) is 10.0. The molecule has 0 aliphatic heterocycles. The van der Waals surface area contributed by atoms with Crippen molar-refractivity contribution in [3.05, 3.63) is 0 Å². The lowest BCUT2D eigenvalue weighted by molar-refractivity contribution is -0.139. The van der Waals surface area contributed by atoms with Crippen molar-refractivity contribution >= 4 is 12.0 Å². The predicted molar refractivity (Wildman–Crippen MR) is 70.6 cm³/mol. The van der Waals surface area contributed by atoms with Crippen LogP contribution in [-0.2, 0) is 4.79 Å². The molecule has 0 aromatic heterocycles. The first kappa shape index (κ1) is 16.7. The van der Waals surface area contributed by atoms with E-state index in [0.717, 1.165) is 32.4 Å². The lowest BCUT2D eigenvalue weighted by atomic mass is 10.1. The Hall–Kier alpha value is -1.30. The van der Waals surface area contributed by atoms with Crippen molar-refractivity contribution in [2.75, 3.05) is 19.6 Å². The number of amides is 2. The summed E-state index contributed by atoms with van der Waals surface area (Å²) in [5.41, 5.74) is 0. The van der Waals surface area contributed by atoms with Gasteiger partial charge in [-0.2, -0.15) is 0 Å². The Bertz CT molecular complexity index is 247. The minimum absolute atomic E-state index is 0.407. The Morgan fingerprint density at radius 3 is 2.44 bits per heavy atom. The molecule has 0 aromatic rings.